The van der Waals surface area contributed by atoms with E-state index in [9.17, 15) is 18.0 Å². The Kier molecular flexibility index (Phi) is 8.78. The van der Waals surface area contributed by atoms with Crippen LogP contribution < -0.4 is 14.5 Å². The summed E-state index contributed by atoms with van der Waals surface area (Å²) >= 11 is 3.46. The van der Waals surface area contributed by atoms with Crippen LogP contribution in [0.2, 0.25) is 0 Å². The Morgan fingerprint density at radius 3 is 2.40 bits per heavy atom. The van der Waals surface area contributed by atoms with Gasteiger partial charge >= 0.3 is 12.3 Å². The second-order valence-corrected chi connectivity index (χ2v) is 13.7. The molecule has 9 nitrogen and oxygen atoms in total. The van der Waals surface area contributed by atoms with Crippen molar-refractivity contribution in [3.63, 3.8) is 0 Å². The number of halogens is 4. The number of carbonyl (C=O) groups is 1. The number of hydrogen-bond donors (Lipinski definition) is 0. The number of amides is 1. The minimum atomic E-state index is -4.51. The number of fused-ring (bicyclic) bond motifs is 1. The third kappa shape index (κ3) is 7.13. The molecule has 0 N–H and O–H groups in total. The quantitative estimate of drug-likeness (QED) is 0.387. The van der Waals surface area contributed by atoms with Gasteiger partial charge in [0.25, 0.3) is 0 Å². The lowest BCUT2D eigenvalue weighted by Gasteiger charge is -2.53. The zero-order chi connectivity index (χ0) is 31.2. The highest BCUT2D eigenvalue weighted by Crippen LogP contribution is 2.45. The third-order valence-corrected chi connectivity index (χ3v) is 9.13. The molecule has 1 spiro atoms. The summed E-state index contributed by atoms with van der Waals surface area (Å²) in [6.45, 7) is 13.9. The number of anilines is 2. The average Bonchev–Trinajstić information content (AvgIpc) is 3.13. The van der Waals surface area contributed by atoms with E-state index in [1.165, 1.54) is 0 Å². The van der Waals surface area contributed by atoms with Crippen molar-refractivity contribution >= 4 is 50.8 Å². The van der Waals surface area contributed by atoms with E-state index in [0.29, 0.717) is 65.4 Å². The first kappa shape index (κ1) is 31.6. The Morgan fingerprint density at radius 1 is 1.07 bits per heavy atom. The molecule has 1 aromatic carbocycles. The average molecular weight is 670 g/mol. The van der Waals surface area contributed by atoms with Crippen LogP contribution in [0.4, 0.5) is 29.7 Å². The molecular formula is C30H40BrF3N6O3. The SMILES string of the molecule is C=Cc1cc2c(N3CCC4(CC3)CN(C(=O)OC(C)(C)C)C4)nc(N3CCCN(C)CC3)nc2c(OCC(F)(F)F)c1Br. The first-order chi connectivity index (χ1) is 20.2. The van der Waals surface area contributed by atoms with Gasteiger partial charge in [-0.1, -0.05) is 12.7 Å². The fourth-order valence-corrected chi connectivity index (χ4v) is 6.58. The summed E-state index contributed by atoms with van der Waals surface area (Å²) in [5, 5.41) is 0.617. The number of aromatic nitrogens is 2. The molecule has 3 fully saturated rings. The summed E-state index contributed by atoms with van der Waals surface area (Å²) in [4.78, 5) is 30.7. The number of rotatable bonds is 5. The van der Waals surface area contributed by atoms with Gasteiger partial charge in [-0.3, -0.25) is 0 Å². The Morgan fingerprint density at radius 2 is 1.77 bits per heavy atom. The molecule has 3 saturated heterocycles. The molecule has 3 aliphatic rings. The number of piperidine rings is 1. The summed E-state index contributed by atoms with van der Waals surface area (Å²) in [5.74, 6) is 1.18. The largest absolute Gasteiger partial charge is 0.481 e. The van der Waals surface area contributed by atoms with E-state index in [-0.39, 0.29) is 17.3 Å². The Labute approximate surface area is 259 Å². The minimum absolute atomic E-state index is 0.0186. The van der Waals surface area contributed by atoms with Crippen molar-refractivity contribution in [1.29, 1.82) is 0 Å². The molecule has 0 bridgehead atoms. The second-order valence-electron chi connectivity index (χ2n) is 12.9. The van der Waals surface area contributed by atoms with Crippen molar-refractivity contribution in [2.45, 2.75) is 51.8 Å². The molecule has 0 atom stereocenters. The molecule has 2 aromatic rings. The number of carbonyl (C=O) groups excluding carboxylic acids is 1. The van der Waals surface area contributed by atoms with Gasteiger partial charge in [0.15, 0.2) is 12.4 Å². The fourth-order valence-electron chi connectivity index (χ4n) is 6.00. The van der Waals surface area contributed by atoms with Gasteiger partial charge in [0.2, 0.25) is 5.95 Å². The number of hydrogen-bond acceptors (Lipinski definition) is 8. The van der Waals surface area contributed by atoms with Crippen molar-refractivity contribution in [3.8, 4) is 5.75 Å². The van der Waals surface area contributed by atoms with Crippen molar-refractivity contribution in [1.82, 2.24) is 19.8 Å². The lowest BCUT2D eigenvalue weighted by atomic mass is 9.72. The van der Waals surface area contributed by atoms with Crippen LogP contribution in [0.15, 0.2) is 17.1 Å². The van der Waals surface area contributed by atoms with Crippen LogP contribution in [0.3, 0.4) is 0 Å². The Hall–Kier alpha value is -2.80. The molecular weight excluding hydrogens is 629 g/mol. The van der Waals surface area contributed by atoms with Gasteiger partial charge in [-0.05, 0) is 81.2 Å². The summed E-state index contributed by atoms with van der Waals surface area (Å²) in [7, 11) is 2.07. The molecule has 3 aliphatic heterocycles. The third-order valence-electron chi connectivity index (χ3n) is 8.31. The van der Waals surface area contributed by atoms with Gasteiger partial charge in [0.05, 0.1) is 4.47 Å². The molecule has 236 valence electrons. The highest BCUT2D eigenvalue weighted by Gasteiger charge is 2.48. The highest BCUT2D eigenvalue weighted by atomic mass is 79.9. The van der Waals surface area contributed by atoms with Gasteiger partial charge in [0, 0.05) is 56.6 Å². The van der Waals surface area contributed by atoms with E-state index in [1.807, 2.05) is 26.8 Å². The van der Waals surface area contributed by atoms with Gasteiger partial charge in [-0.15, -0.1) is 0 Å². The highest BCUT2D eigenvalue weighted by molar-refractivity contribution is 9.10. The maximum absolute atomic E-state index is 13.3. The van der Waals surface area contributed by atoms with Crippen LogP contribution in [-0.2, 0) is 4.74 Å². The molecule has 1 amide bonds. The predicted octanol–water partition coefficient (Wildman–Crippen LogP) is 5.96. The molecule has 4 heterocycles. The molecule has 43 heavy (non-hydrogen) atoms. The van der Waals surface area contributed by atoms with Crippen LogP contribution in [-0.4, -0.2) is 104 Å². The molecule has 0 saturated carbocycles. The Balaban J connectivity index is 1.48. The van der Waals surface area contributed by atoms with Crippen molar-refractivity contribution in [2.24, 2.45) is 5.41 Å². The molecule has 0 aliphatic carbocycles. The van der Waals surface area contributed by atoms with Crippen LogP contribution in [0.1, 0.15) is 45.6 Å². The van der Waals surface area contributed by atoms with E-state index in [0.717, 1.165) is 38.9 Å². The van der Waals surface area contributed by atoms with Gasteiger partial charge < -0.3 is 29.1 Å². The normalized spacial score (nSPS) is 19.8. The lowest BCUT2D eigenvalue weighted by molar-refractivity contribution is -0.153. The number of likely N-dealkylation sites (tertiary alicyclic amines) is 1. The van der Waals surface area contributed by atoms with Crippen LogP contribution >= 0.6 is 15.9 Å². The van der Waals surface area contributed by atoms with Crippen LogP contribution in [0, 0.1) is 5.41 Å². The second kappa shape index (κ2) is 11.9. The maximum Gasteiger partial charge on any atom is 0.422 e. The summed E-state index contributed by atoms with van der Waals surface area (Å²) in [6, 6.07) is 1.86. The first-order valence-corrected chi connectivity index (χ1v) is 15.5. The van der Waals surface area contributed by atoms with E-state index in [1.54, 1.807) is 11.0 Å². The van der Waals surface area contributed by atoms with E-state index in [2.05, 4.69) is 44.3 Å². The Bertz CT molecular complexity index is 1370. The fraction of sp³-hybridized carbons (Fsp3) is 0.633. The number of benzene rings is 1. The van der Waals surface area contributed by atoms with Crippen molar-refractivity contribution in [3.05, 3.63) is 22.7 Å². The number of alkyl halides is 3. The van der Waals surface area contributed by atoms with E-state index < -0.39 is 18.4 Å². The molecule has 5 rings (SSSR count). The maximum atomic E-state index is 13.3. The van der Waals surface area contributed by atoms with Gasteiger partial charge in [-0.2, -0.15) is 18.2 Å². The molecule has 1 aromatic heterocycles. The van der Waals surface area contributed by atoms with Crippen molar-refractivity contribution < 1.29 is 27.4 Å². The minimum Gasteiger partial charge on any atom is -0.481 e. The van der Waals surface area contributed by atoms with Gasteiger partial charge in [-0.25, -0.2) is 9.78 Å². The van der Waals surface area contributed by atoms with Crippen LogP contribution in [0.5, 0.6) is 5.75 Å². The standard InChI is InChI=1S/C30H40BrF3N6O3/c1-6-20-16-21-23(24(22(20)31)42-19-30(32,33)34)35-26(39-11-7-10-37(5)14-15-39)36-25(21)38-12-8-29(9-13-38)17-40(18-29)27(41)43-28(2,3)4/h6,16H,1,7-15,17-19H2,2-5H3. The lowest BCUT2D eigenvalue weighted by Crippen LogP contribution is -2.62. The molecule has 13 heteroatoms. The molecule has 0 unspecified atom stereocenters. The summed E-state index contributed by atoms with van der Waals surface area (Å²) in [5.41, 5.74) is 0.406. The van der Waals surface area contributed by atoms with Gasteiger partial charge in [0.1, 0.15) is 16.9 Å². The zero-order valence-corrected chi connectivity index (χ0v) is 26.9. The number of nitrogens with zero attached hydrogens (tertiary/aromatic N) is 6. The monoisotopic (exact) mass is 668 g/mol. The van der Waals surface area contributed by atoms with E-state index >= 15 is 0 Å². The molecule has 0 radical (unpaired) electrons. The zero-order valence-electron chi connectivity index (χ0n) is 25.3. The topological polar surface area (TPSA) is 74.3 Å². The predicted molar refractivity (Wildman–Crippen MR) is 165 cm³/mol. The van der Waals surface area contributed by atoms with Crippen LogP contribution in [0.25, 0.3) is 17.0 Å². The van der Waals surface area contributed by atoms with Crippen molar-refractivity contribution in [2.75, 3.05) is 75.8 Å². The summed E-state index contributed by atoms with van der Waals surface area (Å²) in [6.07, 6.45) is -0.597. The number of likely N-dealkylation sites (N-methyl/N-ethyl adjacent to an activating group) is 1. The number of ether oxygens (including phenoxy) is 2. The first-order valence-electron chi connectivity index (χ1n) is 14.7. The smallest absolute Gasteiger partial charge is 0.422 e. The summed E-state index contributed by atoms with van der Waals surface area (Å²) < 4.78 is 51.2. The van der Waals surface area contributed by atoms with E-state index in [4.69, 9.17) is 19.4 Å².